The van der Waals surface area contributed by atoms with E-state index in [9.17, 15) is 9.18 Å². The van der Waals surface area contributed by atoms with Crippen molar-refractivity contribution in [1.29, 1.82) is 0 Å². The molecule has 0 radical (unpaired) electrons. The Hall–Kier alpha value is -2.21. The smallest absolute Gasteiger partial charge is 0.220 e. The predicted molar refractivity (Wildman–Crippen MR) is 95.1 cm³/mol. The molecule has 1 aromatic carbocycles. The molecule has 7 heteroatoms. The molecule has 0 unspecified atom stereocenters. The number of anilines is 1. The van der Waals surface area contributed by atoms with E-state index in [0.717, 1.165) is 24.5 Å². The number of carbonyl (C=O) groups is 1. The Balaban J connectivity index is 1.48. The van der Waals surface area contributed by atoms with Crippen molar-refractivity contribution >= 4 is 23.3 Å². The Morgan fingerprint density at radius 1 is 1.28 bits per heavy atom. The summed E-state index contributed by atoms with van der Waals surface area (Å²) in [6.07, 6.45) is 4.89. The zero-order valence-electron chi connectivity index (χ0n) is 13.8. The van der Waals surface area contributed by atoms with Gasteiger partial charge in [0.25, 0.3) is 0 Å². The molecule has 25 heavy (non-hydrogen) atoms. The summed E-state index contributed by atoms with van der Waals surface area (Å²) in [5, 5.41) is 2.90. The predicted octanol–water partition coefficient (Wildman–Crippen LogP) is 3.12. The third-order valence-corrected chi connectivity index (χ3v) is 4.48. The van der Waals surface area contributed by atoms with E-state index in [1.165, 1.54) is 18.9 Å². The topological polar surface area (TPSA) is 58.1 Å². The summed E-state index contributed by atoms with van der Waals surface area (Å²) in [5.74, 6) is 0.959. The second kappa shape index (κ2) is 8.25. The van der Waals surface area contributed by atoms with Crippen LogP contribution in [0.1, 0.15) is 30.7 Å². The van der Waals surface area contributed by atoms with Gasteiger partial charge in [0, 0.05) is 25.7 Å². The minimum atomic E-state index is -0.454. The van der Waals surface area contributed by atoms with E-state index >= 15 is 0 Å². The van der Waals surface area contributed by atoms with E-state index in [2.05, 4.69) is 20.2 Å². The largest absolute Gasteiger partial charge is 0.357 e. The molecule has 1 aromatic heterocycles. The van der Waals surface area contributed by atoms with Crippen LogP contribution in [0, 0.1) is 5.82 Å². The van der Waals surface area contributed by atoms with Crippen LogP contribution in [-0.2, 0) is 17.8 Å². The molecule has 1 amide bonds. The van der Waals surface area contributed by atoms with Gasteiger partial charge >= 0.3 is 0 Å². The number of nitrogens with one attached hydrogen (secondary N) is 1. The molecule has 0 atom stereocenters. The summed E-state index contributed by atoms with van der Waals surface area (Å²) < 4.78 is 13.1. The molecule has 0 bridgehead atoms. The molecule has 2 aromatic rings. The van der Waals surface area contributed by atoms with Crippen molar-refractivity contribution < 1.29 is 9.18 Å². The van der Waals surface area contributed by atoms with Gasteiger partial charge in [-0.2, -0.15) is 0 Å². The average molecular weight is 363 g/mol. The van der Waals surface area contributed by atoms with Crippen molar-refractivity contribution in [3.63, 3.8) is 0 Å². The molecule has 1 saturated heterocycles. The molecular weight excluding hydrogens is 343 g/mol. The second-order valence-electron chi connectivity index (χ2n) is 6.05. The number of hydrogen-bond acceptors (Lipinski definition) is 4. The van der Waals surface area contributed by atoms with Crippen LogP contribution in [0.15, 0.2) is 30.5 Å². The van der Waals surface area contributed by atoms with Gasteiger partial charge in [-0.3, -0.25) is 4.79 Å². The molecular formula is C18H20ClFN4O. The highest BCUT2D eigenvalue weighted by Crippen LogP contribution is 2.18. The van der Waals surface area contributed by atoms with Crippen LogP contribution in [0.2, 0.25) is 5.02 Å². The van der Waals surface area contributed by atoms with Crippen LogP contribution < -0.4 is 10.2 Å². The molecule has 0 saturated carbocycles. The molecule has 0 aliphatic carbocycles. The van der Waals surface area contributed by atoms with Gasteiger partial charge in [-0.05, 0) is 43.0 Å². The molecule has 3 rings (SSSR count). The minimum Gasteiger partial charge on any atom is -0.357 e. The van der Waals surface area contributed by atoms with Crippen LogP contribution in [0.25, 0.3) is 0 Å². The molecule has 1 aliphatic rings. The number of nitrogens with zero attached hydrogens (tertiary/aromatic N) is 3. The average Bonchev–Trinajstić information content (AvgIpc) is 3.16. The summed E-state index contributed by atoms with van der Waals surface area (Å²) in [6.45, 7) is 2.33. The first-order valence-corrected chi connectivity index (χ1v) is 8.77. The van der Waals surface area contributed by atoms with Crippen molar-refractivity contribution in [2.45, 2.75) is 32.2 Å². The van der Waals surface area contributed by atoms with Gasteiger partial charge < -0.3 is 10.2 Å². The lowest BCUT2D eigenvalue weighted by Crippen LogP contribution is -2.25. The van der Waals surface area contributed by atoms with E-state index in [1.807, 2.05) is 6.07 Å². The highest BCUT2D eigenvalue weighted by Gasteiger charge is 2.14. The normalized spacial score (nSPS) is 13.9. The summed E-state index contributed by atoms with van der Waals surface area (Å²) in [6, 6.07) is 6.39. The number of benzene rings is 1. The Morgan fingerprint density at radius 2 is 2.08 bits per heavy atom. The molecule has 1 fully saturated rings. The minimum absolute atomic E-state index is 0.0741. The molecule has 1 aliphatic heterocycles. The number of aromatic nitrogens is 2. The maximum absolute atomic E-state index is 13.1. The van der Waals surface area contributed by atoms with Gasteiger partial charge in [-0.15, -0.1) is 0 Å². The Bertz CT molecular complexity index is 750. The third kappa shape index (κ3) is 4.89. The molecule has 1 N–H and O–H groups in total. The van der Waals surface area contributed by atoms with Crippen LogP contribution in [0.4, 0.5) is 10.2 Å². The van der Waals surface area contributed by atoms with Crippen molar-refractivity contribution in [2.24, 2.45) is 0 Å². The lowest BCUT2D eigenvalue weighted by atomic mass is 10.1. The SMILES string of the molecule is O=C(CCc1ccc(F)c(Cl)c1)NCc1nccc(N2CCCC2)n1. The zero-order chi connectivity index (χ0) is 17.6. The van der Waals surface area contributed by atoms with E-state index < -0.39 is 5.82 Å². The molecule has 2 heterocycles. The first-order valence-electron chi connectivity index (χ1n) is 8.39. The summed E-state index contributed by atoms with van der Waals surface area (Å²) >= 11 is 5.74. The summed E-state index contributed by atoms with van der Waals surface area (Å²) in [5.41, 5.74) is 0.828. The van der Waals surface area contributed by atoms with Crippen LogP contribution in [-0.4, -0.2) is 29.0 Å². The molecule has 132 valence electrons. The lowest BCUT2D eigenvalue weighted by Gasteiger charge is -2.16. The first kappa shape index (κ1) is 17.6. The van der Waals surface area contributed by atoms with E-state index in [1.54, 1.807) is 18.3 Å². The quantitative estimate of drug-likeness (QED) is 0.857. The second-order valence-corrected chi connectivity index (χ2v) is 6.46. The summed E-state index contributed by atoms with van der Waals surface area (Å²) in [7, 11) is 0. The summed E-state index contributed by atoms with van der Waals surface area (Å²) in [4.78, 5) is 22.9. The van der Waals surface area contributed by atoms with Gasteiger partial charge in [0.05, 0.1) is 11.6 Å². The number of carbonyl (C=O) groups excluding carboxylic acids is 1. The van der Waals surface area contributed by atoms with Crippen LogP contribution in [0.3, 0.4) is 0 Å². The van der Waals surface area contributed by atoms with Crippen molar-refractivity contribution in [2.75, 3.05) is 18.0 Å². The van der Waals surface area contributed by atoms with Crippen LogP contribution in [0.5, 0.6) is 0 Å². The Kier molecular flexibility index (Phi) is 5.81. The maximum Gasteiger partial charge on any atom is 0.220 e. The standard InChI is InChI=1S/C18H20ClFN4O/c19-14-11-13(3-5-15(14)20)4-6-18(25)22-12-16-21-8-7-17(23-16)24-9-1-2-10-24/h3,5,7-8,11H,1-2,4,6,9-10,12H2,(H,22,25). The van der Waals surface area contributed by atoms with E-state index in [-0.39, 0.29) is 10.9 Å². The van der Waals surface area contributed by atoms with Crippen molar-refractivity contribution in [3.8, 4) is 0 Å². The first-order chi connectivity index (χ1) is 12.1. The van der Waals surface area contributed by atoms with E-state index in [0.29, 0.717) is 25.2 Å². The number of aryl methyl sites for hydroxylation is 1. The Morgan fingerprint density at radius 3 is 2.84 bits per heavy atom. The van der Waals surface area contributed by atoms with Crippen molar-refractivity contribution in [1.82, 2.24) is 15.3 Å². The fourth-order valence-electron chi connectivity index (χ4n) is 2.81. The maximum atomic E-state index is 13.1. The molecule has 5 nitrogen and oxygen atoms in total. The number of amides is 1. The molecule has 0 spiro atoms. The van der Waals surface area contributed by atoms with Gasteiger partial charge in [0.2, 0.25) is 5.91 Å². The zero-order valence-corrected chi connectivity index (χ0v) is 14.6. The highest BCUT2D eigenvalue weighted by molar-refractivity contribution is 6.30. The van der Waals surface area contributed by atoms with Gasteiger partial charge in [0.15, 0.2) is 0 Å². The fraction of sp³-hybridized carbons (Fsp3) is 0.389. The lowest BCUT2D eigenvalue weighted by molar-refractivity contribution is -0.121. The number of hydrogen-bond donors (Lipinski definition) is 1. The Labute approximate surface area is 151 Å². The third-order valence-electron chi connectivity index (χ3n) is 4.19. The fourth-order valence-corrected chi connectivity index (χ4v) is 3.02. The number of halogens is 2. The van der Waals surface area contributed by atoms with Gasteiger partial charge in [-0.1, -0.05) is 17.7 Å². The van der Waals surface area contributed by atoms with Gasteiger partial charge in [-0.25, -0.2) is 14.4 Å². The monoisotopic (exact) mass is 362 g/mol. The number of rotatable bonds is 6. The van der Waals surface area contributed by atoms with Crippen LogP contribution >= 0.6 is 11.6 Å². The van der Waals surface area contributed by atoms with Gasteiger partial charge in [0.1, 0.15) is 17.5 Å². The van der Waals surface area contributed by atoms with Crippen molar-refractivity contribution in [3.05, 3.63) is 52.7 Å². The highest BCUT2D eigenvalue weighted by atomic mass is 35.5. The van der Waals surface area contributed by atoms with E-state index in [4.69, 9.17) is 11.6 Å².